The summed E-state index contributed by atoms with van der Waals surface area (Å²) < 4.78 is 1.60. The predicted molar refractivity (Wildman–Crippen MR) is 109 cm³/mol. The third-order valence-corrected chi connectivity index (χ3v) is 5.13. The van der Waals surface area contributed by atoms with Crippen molar-refractivity contribution < 1.29 is 9.59 Å². The molecule has 2 heterocycles. The molecule has 1 aromatic heterocycles. The molecule has 6 nitrogen and oxygen atoms in total. The number of fused-ring (bicyclic) bond motifs is 1. The van der Waals surface area contributed by atoms with Gasteiger partial charge in [0.2, 0.25) is 0 Å². The molecule has 1 aliphatic heterocycles. The fraction of sp³-hybridized carbons (Fsp3) is 0.150. The maximum atomic E-state index is 12.7. The molecule has 2 aromatic carbocycles. The first-order valence-corrected chi connectivity index (χ1v) is 9.39. The van der Waals surface area contributed by atoms with Crippen molar-refractivity contribution in [2.45, 2.75) is 6.42 Å². The van der Waals surface area contributed by atoms with Crippen LogP contribution in [0.3, 0.4) is 0 Å². The highest BCUT2D eigenvalue weighted by Crippen LogP contribution is 2.32. The number of anilines is 2. The summed E-state index contributed by atoms with van der Waals surface area (Å²) in [7, 11) is 1.77. The van der Waals surface area contributed by atoms with Gasteiger partial charge in [0.05, 0.1) is 10.6 Å². The SMILES string of the molecule is Cn1ccc(C(=O)N2CCc3cc(NC(=O)c4ccc(Cl)cc4Cl)ccc32)n1. The van der Waals surface area contributed by atoms with Gasteiger partial charge in [-0.1, -0.05) is 23.2 Å². The van der Waals surface area contributed by atoms with Gasteiger partial charge in [-0.25, -0.2) is 0 Å². The second-order valence-electron chi connectivity index (χ2n) is 6.50. The van der Waals surface area contributed by atoms with E-state index in [0.717, 1.165) is 11.3 Å². The van der Waals surface area contributed by atoms with Crippen LogP contribution in [0.2, 0.25) is 10.0 Å². The standard InChI is InChI=1S/C20H16Cl2N4O2/c1-25-8-7-17(24-25)20(28)26-9-6-12-10-14(3-5-18(12)26)23-19(27)15-4-2-13(21)11-16(15)22/h2-5,7-8,10-11H,6,9H2,1H3,(H,23,27). The average Bonchev–Trinajstić information content (AvgIpc) is 3.27. The number of hydrogen-bond acceptors (Lipinski definition) is 3. The van der Waals surface area contributed by atoms with E-state index in [1.165, 1.54) is 6.07 Å². The van der Waals surface area contributed by atoms with Crippen molar-refractivity contribution in [3.05, 3.63) is 75.5 Å². The zero-order valence-corrected chi connectivity index (χ0v) is 16.5. The summed E-state index contributed by atoms with van der Waals surface area (Å²) in [6.45, 7) is 0.575. The van der Waals surface area contributed by atoms with Crippen LogP contribution in [0.5, 0.6) is 0 Å². The van der Waals surface area contributed by atoms with Gasteiger partial charge in [-0.15, -0.1) is 0 Å². The summed E-state index contributed by atoms with van der Waals surface area (Å²) in [6, 6.07) is 11.9. The van der Waals surface area contributed by atoms with Gasteiger partial charge in [-0.3, -0.25) is 14.3 Å². The lowest BCUT2D eigenvalue weighted by molar-refractivity contribution is 0.0982. The summed E-state index contributed by atoms with van der Waals surface area (Å²) in [5.41, 5.74) is 3.22. The molecule has 0 saturated carbocycles. The molecule has 0 fully saturated rings. The van der Waals surface area contributed by atoms with Crippen molar-refractivity contribution in [1.82, 2.24) is 9.78 Å². The summed E-state index contributed by atoms with van der Waals surface area (Å²) in [6.07, 6.45) is 2.45. The van der Waals surface area contributed by atoms with Gasteiger partial charge in [0.15, 0.2) is 5.69 Å². The van der Waals surface area contributed by atoms with Crippen LogP contribution >= 0.6 is 23.2 Å². The molecule has 0 spiro atoms. The minimum absolute atomic E-state index is 0.135. The normalized spacial score (nSPS) is 12.8. The third kappa shape index (κ3) is 3.48. The van der Waals surface area contributed by atoms with Gasteiger partial charge in [-0.2, -0.15) is 5.10 Å². The predicted octanol–water partition coefficient (Wildman–Crippen LogP) is 4.18. The number of rotatable bonds is 3. The van der Waals surface area contributed by atoms with Crippen LogP contribution in [-0.4, -0.2) is 28.1 Å². The Morgan fingerprint density at radius 1 is 1.11 bits per heavy atom. The molecular weight excluding hydrogens is 399 g/mol. The van der Waals surface area contributed by atoms with Crippen LogP contribution in [-0.2, 0) is 13.5 Å². The highest BCUT2D eigenvalue weighted by molar-refractivity contribution is 6.37. The van der Waals surface area contributed by atoms with Gasteiger partial charge < -0.3 is 10.2 Å². The highest BCUT2D eigenvalue weighted by atomic mass is 35.5. The van der Waals surface area contributed by atoms with E-state index in [2.05, 4.69) is 10.4 Å². The Morgan fingerprint density at radius 3 is 2.64 bits per heavy atom. The lowest BCUT2D eigenvalue weighted by Crippen LogP contribution is -2.29. The smallest absolute Gasteiger partial charge is 0.278 e. The van der Waals surface area contributed by atoms with Crippen LogP contribution in [0.25, 0.3) is 0 Å². The number of hydrogen-bond donors (Lipinski definition) is 1. The molecule has 2 amide bonds. The highest BCUT2D eigenvalue weighted by Gasteiger charge is 2.27. The molecule has 0 bridgehead atoms. The van der Waals surface area contributed by atoms with E-state index in [9.17, 15) is 9.59 Å². The summed E-state index contributed by atoms with van der Waals surface area (Å²) in [5, 5.41) is 7.78. The Labute approximate surface area is 171 Å². The Morgan fingerprint density at radius 2 is 1.93 bits per heavy atom. The van der Waals surface area contributed by atoms with E-state index in [1.54, 1.807) is 47.1 Å². The van der Waals surface area contributed by atoms with E-state index >= 15 is 0 Å². The fourth-order valence-corrected chi connectivity index (χ4v) is 3.72. The Kier molecular flexibility index (Phi) is 4.83. The van der Waals surface area contributed by atoms with Crippen molar-refractivity contribution in [3.63, 3.8) is 0 Å². The first kappa shape index (κ1) is 18.5. The molecule has 1 aliphatic rings. The zero-order chi connectivity index (χ0) is 19.8. The van der Waals surface area contributed by atoms with Gasteiger partial charge in [0.1, 0.15) is 0 Å². The molecule has 142 valence electrons. The van der Waals surface area contributed by atoms with E-state index < -0.39 is 0 Å². The van der Waals surface area contributed by atoms with E-state index in [0.29, 0.717) is 40.0 Å². The molecule has 28 heavy (non-hydrogen) atoms. The topological polar surface area (TPSA) is 67.2 Å². The molecule has 3 aromatic rings. The minimum Gasteiger partial charge on any atom is -0.322 e. The number of aromatic nitrogens is 2. The second-order valence-corrected chi connectivity index (χ2v) is 7.35. The maximum absolute atomic E-state index is 12.7. The van der Waals surface area contributed by atoms with E-state index in [4.69, 9.17) is 23.2 Å². The number of amides is 2. The van der Waals surface area contributed by atoms with Crippen molar-refractivity contribution >= 4 is 46.4 Å². The Hall–Kier alpha value is -2.83. The van der Waals surface area contributed by atoms with Crippen LogP contribution < -0.4 is 10.2 Å². The number of nitrogens with zero attached hydrogens (tertiary/aromatic N) is 3. The lowest BCUT2D eigenvalue weighted by atomic mass is 10.1. The van der Waals surface area contributed by atoms with Crippen LogP contribution in [0.1, 0.15) is 26.4 Å². The van der Waals surface area contributed by atoms with Gasteiger partial charge in [-0.05, 0) is 54.4 Å². The largest absolute Gasteiger partial charge is 0.322 e. The molecule has 0 atom stereocenters. The molecule has 0 saturated heterocycles. The quantitative estimate of drug-likeness (QED) is 0.698. The molecule has 0 radical (unpaired) electrons. The van der Waals surface area contributed by atoms with E-state index in [-0.39, 0.29) is 11.8 Å². The molecule has 0 unspecified atom stereocenters. The van der Waals surface area contributed by atoms with E-state index in [1.807, 2.05) is 12.1 Å². The molecule has 0 aliphatic carbocycles. The lowest BCUT2D eigenvalue weighted by Gasteiger charge is -2.16. The van der Waals surface area contributed by atoms with Gasteiger partial charge >= 0.3 is 0 Å². The number of carbonyl (C=O) groups excluding carboxylic acids is 2. The number of benzene rings is 2. The Balaban J connectivity index is 1.53. The first-order valence-electron chi connectivity index (χ1n) is 8.63. The summed E-state index contributed by atoms with van der Waals surface area (Å²) in [4.78, 5) is 26.9. The van der Waals surface area contributed by atoms with Gasteiger partial charge in [0, 0.05) is 36.2 Å². The number of carbonyl (C=O) groups is 2. The maximum Gasteiger partial charge on any atom is 0.278 e. The molecular formula is C20H16Cl2N4O2. The van der Waals surface area contributed by atoms with Crippen molar-refractivity contribution in [3.8, 4) is 0 Å². The fourth-order valence-electron chi connectivity index (χ4n) is 3.23. The number of nitrogens with one attached hydrogen (secondary N) is 1. The zero-order valence-electron chi connectivity index (χ0n) is 14.9. The minimum atomic E-state index is -0.318. The number of halogens is 2. The number of aryl methyl sites for hydroxylation is 1. The molecule has 8 heteroatoms. The average molecular weight is 415 g/mol. The Bertz CT molecular complexity index is 1090. The van der Waals surface area contributed by atoms with Crippen molar-refractivity contribution in [2.24, 2.45) is 7.05 Å². The van der Waals surface area contributed by atoms with Gasteiger partial charge in [0.25, 0.3) is 11.8 Å². The van der Waals surface area contributed by atoms with Crippen molar-refractivity contribution in [1.29, 1.82) is 0 Å². The van der Waals surface area contributed by atoms with Crippen LogP contribution in [0.4, 0.5) is 11.4 Å². The van der Waals surface area contributed by atoms with Crippen LogP contribution in [0.15, 0.2) is 48.7 Å². The molecule has 4 rings (SSSR count). The first-order chi connectivity index (χ1) is 13.4. The summed E-state index contributed by atoms with van der Waals surface area (Å²) in [5.74, 6) is -0.454. The molecule has 1 N–H and O–H groups in total. The third-order valence-electron chi connectivity index (χ3n) is 4.59. The van der Waals surface area contributed by atoms with Crippen molar-refractivity contribution in [2.75, 3.05) is 16.8 Å². The van der Waals surface area contributed by atoms with Crippen LogP contribution in [0, 0.1) is 0 Å². The second kappa shape index (κ2) is 7.30. The monoisotopic (exact) mass is 414 g/mol. The summed E-state index contributed by atoms with van der Waals surface area (Å²) >= 11 is 12.0.